The number of hydrogen-bond donors (Lipinski definition) is 0. The Balaban J connectivity index is 2.01. The lowest BCUT2D eigenvalue weighted by Crippen LogP contribution is -2.13. The fraction of sp³-hybridized carbons (Fsp3) is 0.188. The maximum atomic E-state index is 13.2. The van der Waals surface area contributed by atoms with Crippen LogP contribution in [0, 0.1) is 6.92 Å². The van der Waals surface area contributed by atoms with Gasteiger partial charge in [0, 0.05) is 6.20 Å². The predicted molar refractivity (Wildman–Crippen MR) is 83.3 cm³/mol. The molecule has 0 radical (unpaired) electrons. The SMILES string of the molecule is Cc1ccn2c(COS(=O)(=O)c3ccccc3)c(C(F)(F)F)nc2c1. The van der Waals surface area contributed by atoms with Crippen molar-refractivity contribution in [2.75, 3.05) is 0 Å². The zero-order valence-electron chi connectivity index (χ0n) is 13.0. The van der Waals surface area contributed by atoms with Crippen molar-refractivity contribution in [3.8, 4) is 0 Å². The van der Waals surface area contributed by atoms with E-state index in [1.165, 1.54) is 40.9 Å². The summed E-state index contributed by atoms with van der Waals surface area (Å²) in [5, 5.41) is 0. The van der Waals surface area contributed by atoms with Crippen LogP contribution in [0.2, 0.25) is 0 Å². The van der Waals surface area contributed by atoms with Gasteiger partial charge in [-0.25, -0.2) is 4.98 Å². The smallest absolute Gasteiger partial charge is 0.301 e. The summed E-state index contributed by atoms with van der Waals surface area (Å²) >= 11 is 0. The molecular formula is C16H13F3N2O3S. The second kappa shape index (κ2) is 6.16. The molecule has 0 bridgehead atoms. The maximum Gasteiger partial charge on any atom is 0.435 e. The van der Waals surface area contributed by atoms with E-state index in [9.17, 15) is 21.6 Å². The first kappa shape index (κ1) is 17.4. The number of halogens is 3. The van der Waals surface area contributed by atoms with Crippen LogP contribution >= 0.6 is 0 Å². The molecule has 0 saturated heterocycles. The first-order valence-corrected chi connectivity index (χ1v) is 8.58. The second-order valence-electron chi connectivity index (χ2n) is 5.37. The van der Waals surface area contributed by atoms with Crippen LogP contribution < -0.4 is 0 Å². The summed E-state index contributed by atoms with van der Waals surface area (Å²) in [6.07, 6.45) is -3.32. The molecule has 0 atom stereocenters. The van der Waals surface area contributed by atoms with Crippen molar-refractivity contribution in [3.63, 3.8) is 0 Å². The number of aryl methyl sites for hydroxylation is 1. The molecule has 0 unspecified atom stereocenters. The number of hydrogen-bond acceptors (Lipinski definition) is 4. The monoisotopic (exact) mass is 370 g/mol. The summed E-state index contributed by atoms with van der Waals surface area (Å²) in [5.41, 5.74) is -0.734. The zero-order valence-corrected chi connectivity index (χ0v) is 13.8. The summed E-state index contributed by atoms with van der Waals surface area (Å²) in [6.45, 7) is 0.939. The lowest BCUT2D eigenvalue weighted by atomic mass is 10.3. The molecule has 0 aliphatic heterocycles. The third-order valence-electron chi connectivity index (χ3n) is 3.53. The molecule has 5 nitrogen and oxygen atoms in total. The number of alkyl halides is 3. The minimum Gasteiger partial charge on any atom is -0.301 e. The van der Waals surface area contributed by atoms with E-state index in [2.05, 4.69) is 4.98 Å². The van der Waals surface area contributed by atoms with Crippen LogP contribution in [0.3, 0.4) is 0 Å². The minimum absolute atomic E-state index is 0.0723. The molecule has 1 aromatic carbocycles. The van der Waals surface area contributed by atoms with Crippen LogP contribution in [-0.4, -0.2) is 17.8 Å². The van der Waals surface area contributed by atoms with Crippen molar-refractivity contribution in [1.29, 1.82) is 0 Å². The number of rotatable bonds is 4. The van der Waals surface area contributed by atoms with Crippen LogP contribution in [0.4, 0.5) is 13.2 Å². The van der Waals surface area contributed by atoms with E-state index in [0.717, 1.165) is 5.56 Å². The van der Waals surface area contributed by atoms with Crippen molar-refractivity contribution >= 4 is 15.8 Å². The first-order valence-electron chi connectivity index (χ1n) is 7.18. The van der Waals surface area contributed by atoms with Crippen LogP contribution in [0.1, 0.15) is 17.0 Å². The highest BCUT2D eigenvalue weighted by Gasteiger charge is 2.38. The zero-order chi connectivity index (χ0) is 18.2. The van der Waals surface area contributed by atoms with Gasteiger partial charge in [0.15, 0.2) is 5.69 Å². The Morgan fingerprint density at radius 3 is 2.48 bits per heavy atom. The largest absolute Gasteiger partial charge is 0.435 e. The van der Waals surface area contributed by atoms with Gasteiger partial charge in [0.05, 0.1) is 10.6 Å². The Morgan fingerprint density at radius 1 is 1.16 bits per heavy atom. The Labute approximate surface area is 141 Å². The van der Waals surface area contributed by atoms with E-state index in [1.807, 2.05) is 0 Å². The first-order chi connectivity index (χ1) is 11.7. The van der Waals surface area contributed by atoms with E-state index in [-0.39, 0.29) is 16.2 Å². The van der Waals surface area contributed by atoms with Crippen molar-refractivity contribution in [3.05, 3.63) is 65.6 Å². The van der Waals surface area contributed by atoms with Crippen molar-refractivity contribution in [2.24, 2.45) is 0 Å². The van der Waals surface area contributed by atoms with Crippen LogP contribution in [0.15, 0.2) is 53.6 Å². The number of nitrogens with zero attached hydrogens (tertiary/aromatic N) is 2. The molecule has 132 valence electrons. The van der Waals surface area contributed by atoms with Crippen molar-refractivity contribution in [1.82, 2.24) is 9.38 Å². The Morgan fingerprint density at radius 2 is 1.84 bits per heavy atom. The number of imidazole rings is 1. The van der Waals surface area contributed by atoms with Gasteiger partial charge in [-0.05, 0) is 36.8 Å². The quantitative estimate of drug-likeness (QED) is 0.659. The highest BCUT2D eigenvalue weighted by Crippen LogP contribution is 2.33. The Kier molecular flexibility index (Phi) is 4.29. The molecule has 0 saturated carbocycles. The highest BCUT2D eigenvalue weighted by atomic mass is 32.2. The van der Waals surface area contributed by atoms with Gasteiger partial charge in [-0.3, -0.25) is 4.18 Å². The van der Waals surface area contributed by atoms with Crippen LogP contribution in [-0.2, 0) is 27.1 Å². The molecule has 0 fully saturated rings. The fourth-order valence-electron chi connectivity index (χ4n) is 2.35. The molecule has 2 aromatic heterocycles. The van der Waals surface area contributed by atoms with Gasteiger partial charge in [-0.2, -0.15) is 21.6 Å². The molecular weight excluding hydrogens is 357 g/mol. The molecule has 0 aliphatic carbocycles. The fourth-order valence-corrected chi connectivity index (χ4v) is 3.24. The molecule has 3 aromatic rings. The van der Waals surface area contributed by atoms with E-state index in [4.69, 9.17) is 4.18 Å². The summed E-state index contributed by atoms with van der Waals surface area (Å²) < 4.78 is 70.1. The third-order valence-corrected chi connectivity index (χ3v) is 4.81. The summed E-state index contributed by atoms with van der Waals surface area (Å²) in [7, 11) is -4.18. The van der Waals surface area contributed by atoms with E-state index >= 15 is 0 Å². The van der Waals surface area contributed by atoms with Gasteiger partial charge in [0.2, 0.25) is 0 Å². The predicted octanol–water partition coefficient (Wildman–Crippen LogP) is 3.57. The molecule has 0 spiro atoms. The van der Waals surface area contributed by atoms with Crippen LogP contribution in [0.25, 0.3) is 5.65 Å². The summed E-state index contributed by atoms with van der Waals surface area (Å²) in [6, 6.07) is 10.3. The van der Waals surface area contributed by atoms with Gasteiger partial charge in [-0.15, -0.1) is 0 Å². The van der Waals surface area contributed by atoms with Gasteiger partial charge in [0.25, 0.3) is 10.1 Å². The Bertz CT molecular complexity index is 1010. The molecule has 9 heteroatoms. The normalized spacial score (nSPS) is 12.6. The van der Waals surface area contributed by atoms with E-state index in [1.54, 1.807) is 19.1 Å². The molecule has 2 heterocycles. The molecule has 25 heavy (non-hydrogen) atoms. The number of benzene rings is 1. The van der Waals surface area contributed by atoms with Gasteiger partial charge in [0.1, 0.15) is 12.3 Å². The molecule has 0 N–H and O–H groups in total. The van der Waals surface area contributed by atoms with Crippen molar-refractivity contribution in [2.45, 2.75) is 24.6 Å². The second-order valence-corrected chi connectivity index (χ2v) is 6.98. The average molecular weight is 370 g/mol. The Hall–Kier alpha value is -2.39. The lowest BCUT2D eigenvalue weighted by Gasteiger charge is -2.09. The van der Waals surface area contributed by atoms with E-state index < -0.39 is 28.6 Å². The summed E-state index contributed by atoms with van der Waals surface area (Å²) in [4.78, 5) is 3.45. The molecule has 0 amide bonds. The van der Waals surface area contributed by atoms with Crippen molar-refractivity contribution < 1.29 is 25.8 Å². The number of aromatic nitrogens is 2. The van der Waals surface area contributed by atoms with Gasteiger partial charge in [-0.1, -0.05) is 18.2 Å². The van der Waals surface area contributed by atoms with Gasteiger partial charge < -0.3 is 4.40 Å². The average Bonchev–Trinajstić information content (AvgIpc) is 2.92. The minimum atomic E-state index is -4.73. The topological polar surface area (TPSA) is 60.7 Å². The van der Waals surface area contributed by atoms with Crippen LogP contribution in [0.5, 0.6) is 0 Å². The number of pyridine rings is 1. The number of fused-ring (bicyclic) bond motifs is 1. The van der Waals surface area contributed by atoms with Gasteiger partial charge >= 0.3 is 6.18 Å². The third kappa shape index (κ3) is 3.52. The summed E-state index contributed by atoms with van der Waals surface area (Å²) in [5.74, 6) is 0. The highest BCUT2D eigenvalue weighted by molar-refractivity contribution is 7.86. The molecule has 3 rings (SSSR count). The maximum absolute atomic E-state index is 13.2. The molecule has 0 aliphatic rings. The lowest BCUT2D eigenvalue weighted by molar-refractivity contribution is -0.141. The van der Waals surface area contributed by atoms with E-state index in [0.29, 0.717) is 0 Å². The standard InChI is InChI=1S/C16H13F3N2O3S/c1-11-7-8-21-13(15(16(17,18)19)20-14(21)9-11)10-24-25(22,23)12-5-3-2-4-6-12/h2-9H,10H2,1H3.